The summed E-state index contributed by atoms with van der Waals surface area (Å²) < 4.78 is 7.19. The minimum absolute atomic E-state index is 0.196. The first kappa shape index (κ1) is 21.1. The molecule has 162 valence electrons. The molecule has 4 aromatic rings. The van der Waals surface area contributed by atoms with Crippen molar-refractivity contribution in [1.29, 1.82) is 0 Å². The fourth-order valence-corrected chi connectivity index (χ4v) is 3.52. The molecular weight excluding hydrogens is 404 g/mol. The Morgan fingerprint density at radius 2 is 1.59 bits per heavy atom. The minimum Gasteiger partial charge on any atom is -0.505 e. The number of aromatic nitrogens is 1. The number of anilines is 1. The lowest BCUT2D eigenvalue weighted by Gasteiger charge is -2.13. The summed E-state index contributed by atoms with van der Waals surface area (Å²) in [7, 11) is 0. The molecule has 4 rings (SSSR count). The standard InChI is InChI=1S/C26H24N2O4/c1-17(2)21-13-6-7-14-22(21)27-25(30)24-23(29)16-28(26(24)31)18-9-8-12-20(15-18)32-19-10-4-3-5-11-19/h3-17,29,31H,1-2H3,(H,27,30). The topological polar surface area (TPSA) is 83.7 Å². The summed E-state index contributed by atoms with van der Waals surface area (Å²) in [6, 6.07) is 23.8. The van der Waals surface area contributed by atoms with E-state index in [1.165, 1.54) is 10.8 Å². The summed E-state index contributed by atoms with van der Waals surface area (Å²) in [5.74, 6) is 0.149. The summed E-state index contributed by atoms with van der Waals surface area (Å²) in [5.41, 5.74) is 1.94. The first-order chi connectivity index (χ1) is 15.4. The van der Waals surface area contributed by atoms with Gasteiger partial charge in [-0.3, -0.25) is 9.36 Å². The molecule has 3 N–H and O–H groups in total. The molecule has 1 aromatic heterocycles. The highest BCUT2D eigenvalue weighted by Gasteiger charge is 2.23. The molecule has 0 bridgehead atoms. The van der Waals surface area contributed by atoms with Crippen molar-refractivity contribution in [2.45, 2.75) is 19.8 Å². The van der Waals surface area contributed by atoms with Gasteiger partial charge in [-0.05, 0) is 41.8 Å². The predicted molar refractivity (Wildman–Crippen MR) is 124 cm³/mol. The van der Waals surface area contributed by atoms with Crippen molar-refractivity contribution in [3.05, 3.63) is 96.2 Å². The van der Waals surface area contributed by atoms with E-state index < -0.39 is 5.91 Å². The zero-order valence-corrected chi connectivity index (χ0v) is 17.8. The van der Waals surface area contributed by atoms with E-state index in [9.17, 15) is 15.0 Å². The van der Waals surface area contributed by atoms with E-state index in [4.69, 9.17) is 4.74 Å². The number of nitrogens with zero attached hydrogens (tertiary/aromatic N) is 1. The molecule has 0 aliphatic carbocycles. The number of nitrogens with one attached hydrogen (secondary N) is 1. The highest BCUT2D eigenvalue weighted by molar-refractivity contribution is 6.08. The summed E-state index contributed by atoms with van der Waals surface area (Å²) in [6.45, 7) is 4.06. The largest absolute Gasteiger partial charge is 0.505 e. The second-order valence-electron chi connectivity index (χ2n) is 7.69. The maximum absolute atomic E-state index is 12.9. The van der Waals surface area contributed by atoms with Crippen LogP contribution in [0.25, 0.3) is 5.69 Å². The molecule has 0 unspecified atom stereocenters. The number of carbonyl (C=O) groups excluding carboxylic acids is 1. The van der Waals surface area contributed by atoms with Gasteiger partial charge >= 0.3 is 0 Å². The molecule has 32 heavy (non-hydrogen) atoms. The van der Waals surface area contributed by atoms with Gasteiger partial charge in [0, 0.05) is 11.8 Å². The Hall–Kier alpha value is -4.19. The van der Waals surface area contributed by atoms with E-state index in [1.807, 2.05) is 62.4 Å². The highest BCUT2D eigenvalue weighted by Crippen LogP contribution is 2.35. The lowest BCUT2D eigenvalue weighted by molar-refractivity contribution is 0.102. The number of carbonyl (C=O) groups is 1. The predicted octanol–water partition coefficient (Wildman–Crippen LogP) is 6.06. The lowest BCUT2D eigenvalue weighted by Crippen LogP contribution is -2.13. The Morgan fingerprint density at radius 1 is 0.906 bits per heavy atom. The number of benzene rings is 3. The van der Waals surface area contributed by atoms with Gasteiger partial charge in [-0.2, -0.15) is 0 Å². The number of hydrogen-bond acceptors (Lipinski definition) is 4. The van der Waals surface area contributed by atoms with Crippen molar-refractivity contribution in [2.24, 2.45) is 0 Å². The molecule has 1 amide bonds. The molecule has 3 aromatic carbocycles. The van der Waals surface area contributed by atoms with E-state index in [1.54, 1.807) is 30.3 Å². The van der Waals surface area contributed by atoms with Crippen molar-refractivity contribution in [3.63, 3.8) is 0 Å². The zero-order valence-electron chi connectivity index (χ0n) is 17.8. The van der Waals surface area contributed by atoms with Crippen LogP contribution in [0.1, 0.15) is 35.7 Å². The van der Waals surface area contributed by atoms with Gasteiger partial charge in [-0.25, -0.2) is 0 Å². The van der Waals surface area contributed by atoms with E-state index in [2.05, 4.69) is 5.32 Å². The van der Waals surface area contributed by atoms with Crippen LogP contribution in [0, 0.1) is 0 Å². The molecule has 0 spiro atoms. The van der Waals surface area contributed by atoms with Gasteiger partial charge in [0.2, 0.25) is 5.88 Å². The van der Waals surface area contributed by atoms with E-state index >= 15 is 0 Å². The smallest absolute Gasteiger partial charge is 0.264 e. The highest BCUT2D eigenvalue weighted by atomic mass is 16.5. The Kier molecular flexibility index (Phi) is 5.85. The maximum Gasteiger partial charge on any atom is 0.264 e. The van der Waals surface area contributed by atoms with Gasteiger partial charge in [0.25, 0.3) is 5.91 Å². The SMILES string of the molecule is CC(C)c1ccccc1NC(=O)c1c(O)cn(-c2cccc(Oc3ccccc3)c2)c1O. The van der Waals surface area contributed by atoms with Crippen LogP contribution < -0.4 is 10.1 Å². The van der Waals surface area contributed by atoms with Crippen molar-refractivity contribution in [2.75, 3.05) is 5.32 Å². The van der Waals surface area contributed by atoms with Gasteiger partial charge in [0.05, 0.1) is 11.9 Å². The Labute approximate surface area is 186 Å². The maximum atomic E-state index is 12.9. The second-order valence-corrected chi connectivity index (χ2v) is 7.69. The number of aromatic hydroxyl groups is 2. The number of ether oxygens (including phenoxy) is 1. The molecule has 0 aliphatic rings. The normalized spacial score (nSPS) is 10.8. The van der Waals surface area contributed by atoms with Crippen molar-refractivity contribution >= 4 is 11.6 Å². The van der Waals surface area contributed by atoms with Crippen LogP contribution in [0.15, 0.2) is 85.1 Å². The lowest BCUT2D eigenvalue weighted by atomic mass is 10.0. The Balaban J connectivity index is 1.63. The van der Waals surface area contributed by atoms with Crippen molar-refractivity contribution in [3.8, 4) is 28.8 Å². The molecule has 0 fully saturated rings. The third kappa shape index (κ3) is 4.30. The average molecular weight is 428 g/mol. The quantitative estimate of drug-likeness (QED) is 0.349. The van der Waals surface area contributed by atoms with Gasteiger partial charge < -0.3 is 20.3 Å². The molecule has 6 heteroatoms. The molecule has 1 heterocycles. The third-order valence-corrected chi connectivity index (χ3v) is 5.09. The zero-order chi connectivity index (χ0) is 22.7. The van der Waals surface area contributed by atoms with Crippen LogP contribution in [0.2, 0.25) is 0 Å². The van der Waals surface area contributed by atoms with Gasteiger partial charge in [-0.15, -0.1) is 0 Å². The molecule has 0 saturated heterocycles. The van der Waals surface area contributed by atoms with Crippen LogP contribution in [-0.2, 0) is 0 Å². The minimum atomic E-state index is -0.594. The van der Waals surface area contributed by atoms with Crippen molar-refractivity contribution < 1.29 is 19.7 Å². The number of rotatable bonds is 6. The summed E-state index contributed by atoms with van der Waals surface area (Å²) >= 11 is 0. The summed E-state index contributed by atoms with van der Waals surface area (Å²) in [6.07, 6.45) is 1.31. The van der Waals surface area contributed by atoms with Crippen LogP contribution in [0.5, 0.6) is 23.1 Å². The molecule has 0 atom stereocenters. The number of para-hydroxylation sites is 2. The Morgan fingerprint density at radius 3 is 2.34 bits per heavy atom. The molecule has 0 saturated carbocycles. The fourth-order valence-electron chi connectivity index (χ4n) is 3.52. The Bertz CT molecular complexity index is 1250. The van der Waals surface area contributed by atoms with Crippen molar-refractivity contribution in [1.82, 2.24) is 4.57 Å². The number of hydrogen-bond donors (Lipinski definition) is 3. The van der Waals surface area contributed by atoms with E-state index in [0.29, 0.717) is 22.9 Å². The van der Waals surface area contributed by atoms with Gasteiger partial charge in [0.15, 0.2) is 0 Å². The fraction of sp³-hybridized carbons (Fsp3) is 0.115. The molecule has 0 radical (unpaired) electrons. The summed E-state index contributed by atoms with van der Waals surface area (Å²) in [4.78, 5) is 12.9. The molecule has 0 aliphatic heterocycles. The van der Waals surface area contributed by atoms with E-state index in [-0.39, 0.29) is 23.1 Å². The van der Waals surface area contributed by atoms with Crippen LogP contribution >= 0.6 is 0 Å². The second kappa shape index (κ2) is 8.89. The first-order valence-electron chi connectivity index (χ1n) is 10.3. The van der Waals surface area contributed by atoms with Gasteiger partial charge in [-0.1, -0.05) is 56.3 Å². The monoisotopic (exact) mass is 428 g/mol. The first-order valence-corrected chi connectivity index (χ1v) is 10.3. The van der Waals surface area contributed by atoms with Crippen LogP contribution in [-0.4, -0.2) is 20.7 Å². The van der Waals surface area contributed by atoms with Gasteiger partial charge in [0.1, 0.15) is 22.8 Å². The van der Waals surface area contributed by atoms with Crippen LogP contribution in [0.3, 0.4) is 0 Å². The average Bonchev–Trinajstić information content (AvgIpc) is 3.09. The summed E-state index contributed by atoms with van der Waals surface area (Å²) in [5, 5.41) is 24.0. The van der Waals surface area contributed by atoms with E-state index in [0.717, 1.165) is 5.56 Å². The number of amides is 1. The molecule has 6 nitrogen and oxygen atoms in total. The van der Waals surface area contributed by atoms with Crippen LogP contribution in [0.4, 0.5) is 5.69 Å². The third-order valence-electron chi connectivity index (χ3n) is 5.09. The molecular formula is C26H24N2O4.